The highest BCUT2D eigenvalue weighted by Gasteiger charge is 2.48. The van der Waals surface area contributed by atoms with Gasteiger partial charge in [-0.1, -0.05) is 43.1 Å². The lowest BCUT2D eigenvalue weighted by Gasteiger charge is -2.49. The van der Waals surface area contributed by atoms with E-state index < -0.39 is 33.5 Å². The number of hydrogen-bond acceptors (Lipinski definition) is 9. The van der Waals surface area contributed by atoms with Crippen LogP contribution in [0.2, 0.25) is 5.02 Å². The third-order valence-electron chi connectivity index (χ3n) is 13.9. The van der Waals surface area contributed by atoms with Crippen molar-refractivity contribution in [2.45, 2.75) is 88.2 Å². The first-order valence-corrected chi connectivity index (χ1v) is 22.4. The van der Waals surface area contributed by atoms with Gasteiger partial charge in [0.2, 0.25) is 10.0 Å². The van der Waals surface area contributed by atoms with Crippen molar-refractivity contribution >= 4 is 45.0 Å². The van der Waals surface area contributed by atoms with E-state index in [4.69, 9.17) is 25.8 Å². The van der Waals surface area contributed by atoms with E-state index in [9.17, 15) is 22.8 Å². The van der Waals surface area contributed by atoms with Crippen LogP contribution >= 0.6 is 11.6 Å². The third kappa shape index (κ3) is 6.94. The summed E-state index contributed by atoms with van der Waals surface area (Å²) in [6, 6.07) is 17.8. The van der Waals surface area contributed by atoms with Crippen LogP contribution in [0.25, 0.3) is 0 Å². The van der Waals surface area contributed by atoms with E-state index in [2.05, 4.69) is 21.8 Å². The Kier molecular flexibility index (Phi) is 10.1. The molecule has 3 aromatic rings. The zero-order valence-electron chi connectivity index (χ0n) is 32.5. The van der Waals surface area contributed by atoms with Gasteiger partial charge in [-0.3, -0.25) is 19.3 Å². The molecular formula is C44H50ClN3O8S. The summed E-state index contributed by atoms with van der Waals surface area (Å²) in [7, 11) is -3.99. The average molecular weight is 816 g/mol. The summed E-state index contributed by atoms with van der Waals surface area (Å²) >= 11 is 6.49. The molecule has 2 aliphatic carbocycles. The lowest BCUT2D eigenvalue weighted by molar-refractivity contribution is -0.237. The van der Waals surface area contributed by atoms with Gasteiger partial charge in [0.25, 0.3) is 17.7 Å². The number of fused-ring (bicyclic) bond motifs is 5. The lowest BCUT2D eigenvalue weighted by atomic mass is 9.64. The second kappa shape index (κ2) is 15.0. The molecule has 13 heteroatoms. The monoisotopic (exact) mass is 815 g/mol. The predicted molar refractivity (Wildman–Crippen MR) is 215 cm³/mol. The van der Waals surface area contributed by atoms with Crippen molar-refractivity contribution in [3.63, 3.8) is 0 Å². The molecular weight excluding hydrogens is 766 g/mol. The van der Waals surface area contributed by atoms with Crippen molar-refractivity contribution in [1.82, 2.24) is 9.62 Å². The first-order chi connectivity index (χ1) is 27.4. The Balaban J connectivity index is 1.03. The number of carbonyl (C=O) groups is 3. The second-order valence-electron chi connectivity index (χ2n) is 17.3. The molecule has 2 fully saturated rings. The third-order valence-corrected chi connectivity index (χ3v) is 16.1. The largest absolute Gasteiger partial charge is 0.490 e. The molecule has 4 aliphatic heterocycles. The molecule has 1 spiro atoms. The van der Waals surface area contributed by atoms with Gasteiger partial charge in [0.15, 0.2) is 6.29 Å². The molecule has 302 valence electrons. The van der Waals surface area contributed by atoms with Gasteiger partial charge in [0.1, 0.15) is 5.75 Å². The SMILES string of the molecule is C[C@@H]1[C@@H](C)CCC[C@H]([C@H]2OC[C@H](N3C(=O)c4ccccc4C3=O)CO2)[C@@H]2CC[C@H]2CN2C[C@@]3(CCCc4cc(Cl)ccc43)COc3ccc(cc32)C(=O)NS1(=O)=O. The molecule has 2 bridgehead atoms. The Morgan fingerprint density at radius 1 is 0.860 bits per heavy atom. The zero-order chi connectivity index (χ0) is 39.6. The highest BCUT2D eigenvalue weighted by Crippen LogP contribution is 2.49. The maximum Gasteiger partial charge on any atom is 0.264 e. The molecule has 6 aliphatic rings. The number of halogens is 1. The minimum atomic E-state index is -3.99. The molecule has 1 saturated carbocycles. The number of carbonyl (C=O) groups excluding carboxylic acids is 3. The first kappa shape index (κ1) is 38.5. The first-order valence-electron chi connectivity index (χ1n) is 20.5. The fraction of sp³-hybridized carbons (Fsp3) is 0.523. The molecule has 0 aromatic heterocycles. The Bertz CT molecular complexity index is 2170. The van der Waals surface area contributed by atoms with Crippen molar-refractivity contribution in [3.05, 3.63) is 93.5 Å². The maximum atomic E-state index is 13.7. The normalized spacial score (nSPS) is 32.6. The number of aryl methyl sites for hydroxylation is 1. The van der Waals surface area contributed by atoms with Crippen molar-refractivity contribution in [1.29, 1.82) is 0 Å². The summed E-state index contributed by atoms with van der Waals surface area (Å²) in [5.41, 5.74) is 4.01. The summed E-state index contributed by atoms with van der Waals surface area (Å²) < 4.78 is 49.3. The number of nitrogens with one attached hydrogen (secondary N) is 1. The second-order valence-corrected chi connectivity index (χ2v) is 19.7. The van der Waals surface area contributed by atoms with Gasteiger partial charge < -0.3 is 19.1 Å². The van der Waals surface area contributed by atoms with Gasteiger partial charge in [0.05, 0.1) is 47.9 Å². The number of imide groups is 1. The summed E-state index contributed by atoms with van der Waals surface area (Å²) in [5, 5.41) is -0.0826. The van der Waals surface area contributed by atoms with E-state index >= 15 is 0 Å². The Morgan fingerprint density at radius 2 is 1.61 bits per heavy atom. The lowest BCUT2D eigenvalue weighted by Crippen LogP contribution is -2.54. The van der Waals surface area contributed by atoms with Gasteiger partial charge >= 0.3 is 0 Å². The molecule has 1 saturated heterocycles. The van der Waals surface area contributed by atoms with Crippen molar-refractivity contribution in [3.8, 4) is 5.75 Å². The summed E-state index contributed by atoms with van der Waals surface area (Å²) in [6.45, 7) is 5.79. The van der Waals surface area contributed by atoms with E-state index in [1.54, 1.807) is 49.4 Å². The number of hydrogen-bond donors (Lipinski definition) is 1. The van der Waals surface area contributed by atoms with E-state index in [-0.39, 0.29) is 59.7 Å². The van der Waals surface area contributed by atoms with Crippen LogP contribution < -0.4 is 14.4 Å². The Labute approximate surface area is 339 Å². The fourth-order valence-electron chi connectivity index (χ4n) is 10.4. The van der Waals surface area contributed by atoms with E-state index in [0.717, 1.165) is 50.6 Å². The van der Waals surface area contributed by atoms with Gasteiger partial charge in [-0.15, -0.1) is 0 Å². The quantitative estimate of drug-likeness (QED) is 0.279. The number of benzene rings is 3. The van der Waals surface area contributed by atoms with Crippen molar-refractivity contribution < 1.29 is 37.0 Å². The molecule has 9 rings (SSSR count). The molecule has 1 N–H and O–H groups in total. The van der Waals surface area contributed by atoms with Crippen LogP contribution in [0.5, 0.6) is 5.75 Å². The van der Waals surface area contributed by atoms with Crippen LogP contribution in [-0.4, -0.2) is 81.5 Å². The van der Waals surface area contributed by atoms with Gasteiger partial charge in [-0.25, -0.2) is 13.1 Å². The van der Waals surface area contributed by atoms with Gasteiger partial charge in [0, 0.05) is 35.0 Å². The molecule has 3 amide bonds. The molecule has 4 heterocycles. The van der Waals surface area contributed by atoms with E-state index in [1.807, 2.05) is 13.0 Å². The van der Waals surface area contributed by atoms with Gasteiger partial charge in [-0.05, 0) is 123 Å². The molecule has 3 aromatic carbocycles. The smallest absolute Gasteiger partial charge is 0.264 e. The molecule has 6 atom stereocenters. The van der Waals surface area contributed by atoms with Crippen LogP contribution in [0.15, 0.2) is 60.7 Å². The zero-order valence-corrected chi connectivity index (χ0v) is 34.0. The predicted octanol–water partition coefficient (Wildman–Crippen LogP) is 6.76. The Morgan fingerprint density at radius 3 is 2.33 bits per heavy atom. The minimum absolute atomic E-state index is 0.0131. The molecule has 0 unspecified atom stereocenters. The average Bonchev–Trinajstić information content (AvgIpc) is 3.34. The van der Waals surface area contributed by atoms with Crippen LogP contribution in [0.3, 0.4) is 0 Å². The highest BCUT2D eigenvalue weighted by atomic mass is 35.5. The van der Waals surface area contributed by atoms with Crippen LogP contribution in [0.1, 0.15) is 101 Å². The fourth-order valence-corrected chi connectivity index (χ4v) is 11.9. The molecule has 57 heavy (non-hydrogen) atoms. The number of amides is 3. The molecule has 11 nitrogen and oxygen atoms in total. The number of ether oxygens (including phenoxy) is 3. The minimum Gasteiger partial charge on any atom is -0.490 e. The summed E-state index contributed by atoms with van der Waals surface area (Å²) in [4.78, 5) is 43.9. The van der Waals surface area contributed by atoms with E-state index in [0.29, 0.717) is 48.0 Å². The van der Waals surface area contributed by atoms with Crippen molar-refractivity contribution in [2.75, 3.05) is 37.8 Å². The van der Waals surface area contributed by atoms with Crippen molar-refractivity contribution in [2.24, 2.45) is 23.7 Å². The standard InChI is InChI=1S/C44H50ClN3O8S/c1-26-7-5-11-36(43-54-22-32(23-55-43)48-41(50)34-9-3-4-10-35(34)42(48)51)33-15-12-30(33)21-47-24-44(18-6-8-28-19-31(45)14-16-37(28)44)25-56-39-17-13-29(20-38(39)47)40(49)46-57(52,53)27(26)2/h3-4,9-10,13-14,16-17,19-20,26-27,30,32-33,36,43H,5-8,11-12,15,18,21-25H2,1-2H3,(H,46,49)/t26-,27+,30-,32-,33+,36-,43-,44-/m0/s1. The number of sulfonamides is 1. The van der Waals surface area contributed by atoms with Gasteiger partial charge in [-0.2, -0.15) is 0 Å². The van der Waals surface area contributed by atoms with Crippen LogP contribution in [-0.2, 0) is 31.3 Å². The maximum absolute atomic E-state index is 13.7. The summed E-state index contributed by atoms with van der Waals surface area (Å²) in [6.07, 6.45) is 6.50. The van der Waals surface area contributed by atoms with Crippen LogP contribution in [0.4, 0.5) is 5.69 Å². The number of nitrogens with zero attached hydrogens (tertiary/aromatic N) is 2. The Hall–Kier alpha value is -3.97. The molecule has 0 radical (unpaired) electrons. The highest BCUT2D eigenvalue weighted by molar-refractivity contribution is 7.90. The number of anilines is 1. The summed E-state index contributed by atoms with van der Waals surface area (Å²) in [5.74, 6) is -0.287. The van der Waals surface area contributed by atoms with E-state index in [1.165, 1.54) is 16.0 Å². The topological polar surface area (TPSA) is 132 Å². The van der Waals surface area contributed by atoms with Crippen LogP contribution in [0, 0.1) is 23.7 Å². The number of rotatable bonds is 2.